The zero-order valence-corrected chi connectivity index (χ0v) is 15.7. The van der Waals surface area contributed by atoms with Crippen LogP contribution in [0.1, 0.15) is 23.7 Å². The average Bonchev–Trinajstić information content (AvgIpc) is 3.35. The van der Waals surface area contributed by atoms with E-state index in [2.05, 4.69) is 30.8 Å². The second-order valence-electron chi connectivity index (χ2n) is 6.46. The summed E-state index contributed by atoms with van der Waals surface area (Å²) in [5.41, 5.74) is 2.83. The summed E-state index contributed by atoms with van der Waals surface area (Å²) in [6, 6.07) is 15.2. The Morgan fingerprint density at radius 3 is 2.75 bits per heavy atom. The highest BCUT2D eigenvalue weighted by molar-refractivity contribution is 6.30. The average molecular weight is 396 g/mol. The first-order valence-corrected chi connectivity index (χ1v) is 9.22. The van der Waals surface area contributed by atoms with Gasteiger partial charge in [0.05, 0.1) is 24.1 Å². The van der Waals surface area contributed by atoms with Crippen LogP contribution in [0.5, 0.6) is 0 Å². The van der Waals surface area contributed by atoms with Crippen molar-refractivity contribution in [1.29, 1.82) is 0 Å². The molecule has 0 fully saturated rings. The number of nitrogens with zero attached hydrogens (tertiary/aromatic N) is 5. The summed E-state index contributed by atoms with van der Waals surface area (Å²) in [5.74, 6) is 0.558. The first-order valence-electron chi connectivity index (χ1n) is 8.84. The van der Waals surface area contributed by atoms with Gasteiger partial charge >= 0.3 is 0 Å². The number of aromatic nitrogens is 6. The van der Waals surface area contributed by atoms with Crippen molar-refractivity contribution < 1.29 is 4.79 Å². The van der Waals surface area contributed by atoms with Crippen molar-refractivity contribution in [3.8, 4) is 0 Å². The van der Waals surface area contributed by atoms with Crippen LogP contribution in [0, 0.1) is 0 Å². The van der Waals surface area contributed by atoms with Crippen LogP contribution in [-0.2, 0) is 17.9 Å². The zero-order chi connectivity index (χ0) is 19.3. The number of hydrogen-bond donors (Lipinski definition) is 2. The number of imidazole rings is 1. The van der Waals surface area contributed by atoms with E-state index >= 15 is 0 Å². The molecule has 8 nitrogen and oxygen atoms in total. The fourth-order valence-electron chi connectivity index (χ4n) is 3.08. The van der Waals surface area contributed by atoms with Crippen LogP contribution in [0.3, 0.4) is 0 Å². The van der Waals surface area contributed by atoms with Crippen molar-refractivity contribution in [2.75, 3.05) is 0 Å². The van der Waals surface area contributed by atoms with E-state index in [-0.39, 0.29) is 11.8 Å². The molecule has 0 bridgehead atoms. The van der Waals surface area contributed by atoms with Crippen LogP contribution in [-0.4, -0.2) is 36.1 Å². The number of fused-ring (bicyclic) bond motifs is 1. The van der Waals surface area contributed by atoms with Crippen molar-refractivity contribution in [2.24, 2.45) is 0 Å². The number of carbonyl (C=O) groups excluding carboxylic acids is 1. The highest BCUT2D eigenvalue weighted by Crippen LogP contribution is 2.23. The minimum absolute atomic E-state index is 0.0755. The molecule has 1 atom stereocenters. The van der Waals surface area contributed by atoms with Gasteiger partial charge in [0.15, 0.2) is 0 Å². The van der Waals surface area contributed by atoms with Gasteiger partial charge in [-0.25, -0.2) is 9.67 Å². The van der Waals surface area contributed by atoms with E-state index in [0.29, 0.717) is 24.5 Å². The van der Waals surface area contributed by atoms with Gasteiger partial charge < -0.3 is 10.3 Å². The number of rotatable bonds is 7. The summed E-state index contributed by atoms with van der Waals surface area (Å²) < 4.78 is 1.62. The lowest BCUT2D eigenvalue weighted by molar-refractivity contribution is -0.121. The molecule has 0 aliphatic rings. The summed E-state index contributed by atoms with van der Waals surface area (Å²) in [6.45, 7) is 0.832. The van der Waals surface area contributed by atoms with Crippen LogP contribution < -0.4 is 5.32 Å². The Morgan fingerprint density at radius 2 is 2.00 bits per heavy atom. The Hall–Kier alpha value is -3.26. The fraction of sp³-hybridized carbons (Fsp3) is 0.211. The molecule has 2 heterocycles. The van der Waals surface area contributed by atoms with Gasteiger partial charge in [-0.2, -0.15) is 0 Å². The zero-order valence-electron chi connectivity index (χ0n) is 14.9. The molecule has 1 amide bonds. The van der Waals surface area contributed by atoms with Crippen molar-refractivity contribution in [1.82, 2.24) is 35.5 Å². The SMILES string of the molecule is O=C(C[C@H](Cn1cnnn1)c1ccc(Cl)cc1)NCc1nc2ccccc2[nH]1. The second-order valence-corrected chi connectivity index (χ2v) is 6.90. The summed E-state index contributed by atoms with van der Waals surface area (Å²) in [6.07, 6.45) is 1.83. The molecule has 142 valence electrons. The molecule has 2 N–H and O–H groups in total. The van der Waals surface area contributed by atoms with Crippen molar-refractivity contribution in [3.05, 3.63) is 71.3 Å². The maximum Gasteiger partial charge on any atom is 0.221 e. The third-order valence-corrected chi connectivity index (χ3v) is 4.72. The molecule has 0 aliphatic carbocycles. The number of carbonyl (C=O) groups is 1. The molecule has 4 rings (SSSR count). The minimum Gasteiger partial charge on any atom is -0.349 e. The van der Waals surface area contributed by atoms with Crippen molar-refractivity contribution in [2.45, 2.75) is 25.4 Å². The topological polar surface area (TPSA) is 101 Å². The first-order chi connectivity index (χ1) is 13.7. The standard InChI is InChI=1S/C19H18ClN7O/c20-15-7-5-13(6-8-15)14(11-27-12-22-25-26-27)9-19(28)21-10-18-23-16-3-1-2-4-17(16)24-18/h1-8,12,14H,9-11H2,(H,21,28)(H,23,24)/t14-/m1/s1. The number of nitrogens with one attached hydrogen (secondary N) is 2. The number of benzene rings is 2. The Balaban J connectivity index is 1.43. The molecule has 28 heavy (non-hydrogen) atoms. The van der Waals surface area contributed by atoms with E-state index in [4.69, 9.17) is 11.6 Å². The summed E-state index contributed by atoms with van der Waals surface area (Å²) in [5, 5.41) is 14.8. The Labute approximate surface area is 165 Å². The molecular formula is C19H18ClN7O. The fourth-order valence-corrected chi connectivity index (χ4v) is 3.21. The van der Waals surface area contributed by atoms with E-state index in [1.165, 1.54) is 6.33 Å². The van der Waals surface area contributed by atoms with Gasteiger partial charge in [0.25, 0.3) is 0 Å². The minimum atomic E-state index is -0.0866. The van der Waals surface area contributed by atoms with Gasteiger partial charge in [-0.15, -0.1) is 5.10 Å². The van der Waals surface area contributed by atoms with Crippen LogP contribution in [0.2, 0.25) is 5.02 Å². The predicted molar refractivity (Wildman–Crippen MR) is 105 cm³/mol. The van der Waals surface area contributed by atoms with Crippen LogP contribution in [0.15, 0.2) is 54.9 Å². The second kappa shape index (κ2) is 8.18. The van der Waals surface area contributed by atoms with Crippen LogP contribution in [0.25, 0.3) is 11.0 Å². The molecule has 2 aromatic carbocycles. The molecule has 0 unspecified atom stereocenters. The molecule has 0 saturated carbocycles. The van der Waals surface area contributed by atoms with Gasteiger partial charge in [0.1, 0.15) is 12.2 Å². The Bertz CT molecular complexity index is 1030. The highest BCUT2D eigenvalue weighted by Gasteiger charge is 2.18. The molecule has 0 aliphatic heterocycles. The van der Waals surface area contributed by atoms with Crippen molar-refractivity contribution in [3.63, 3.8) is 0 Å². The van der Waals surface area contributed by atoms with Gasteiger partial charge in [-0.1, -0.05) is 35.9 Å². The van der Waals surface area contributed by atoms with E-state index in [9.17, 15) is 4.79 Å². The smallest absolute Gasteiger partial charge is 0.221 e. The number of amides is 1. The molecule has 2 aromatic heterocycles. The Morgan fingerprint density at radius 1 is 1.18 bits per heavy atom. The van der Waals surface area contributed by atoms with E-state index in [0.717, 1.165) is 22.4 Å². The molecular weight excluding hydrogens is 378 g/mol. The molecule has 0 saturated heterocycles. The van der Waals surface area contributed by atoms with Gasteiger partial charge in [0.2, 0.25) is 5.91 Å². The lowest BCUT2D eigenvalue weighted by atomic mass is 9.95. The molecule has 0 radical (unpaired) electrons. The molecule has 0 spiro atoms. The highest BCUT2D eigenvalue weighted by atomic mass is 35.5. The number of halogens is 1. The normalized spacial score (nSPS) is 12.2. The van der Waals surface area contributed by atoms with E-state index in [1.54, 1.807) is 4.68 Å². The number of aromatic amines is 1. The third kappa shape index (κ3) is 4.34. The molecule has 9 heteroatoms. The van der Waals surface area contributed by atoms with Gasteiger partial charge in [-0.05, 0) is 40.3 Å². The quantitative estimate of drug-likeness (QED) is 0.501. The van der Waals surface area contributed by atoms with Gasteiger partial charge in [0, 0.05) is 17.4 Å². The summed E-state index contributed by atoms with van der Waals surface area (Å²) in [7, 11) is 0. The Kier molecular flexibility index (Phi) is 5.29. The lowest BCUT2D eigenvalue weighted by Crippen LogP contribution is -2.26. The lowest BCUT2D eigenvalue weighted by Gasteiger charge is -2.16. The maximum absolute atomic E-state index is 12.6. The van der Waals surface area contributed by atoms with Crippen LogP contribution >= 0.6 is 11.6 Å². The van der Waals surface area contributed by atoms with E-state index in [1.807, 2.05) is 48.5 Å². The largest absolute Gasteiger partial charge is 0.349 e. The predicted octanol–water partition coefficient (Wildman–Crippen LogP) is 2.69. The number of para-hydroxylation sites is 2. The van der Waals surface area contributed by atoms with E-state index < -0.39 is 0 Å². The van der Waals surface area contributed by atoms with Crippen LogP contribution in [0.4, 0.5) is 0 Å². The van der Waals surface area contributed by atoms with Crippen molar-refractivity contribution >= 4 is 28.5 Å². The monoisotopic (exact) mass is 395 g/mol. The first kappa shape index (κ1) is 18.1. The summed E-state index contributed by atoms with van der Waals surface area (Å²) in [4.78, 5) is 20.3. The maximum atomic E-state index is 12.6. The number of H-pyrrole nitrogens is 1. The summed E-state index contributed by atoms with van der Waals surface area (Å²) >= 11 is 5.99. The van der Waals surface area contributed by atoms with Gasteiger partial charge in [-0.3, -0.25) is 4.79 Å². The third-order valence-electron chi connectivity index (χ3n) is 4.46. The number of hydrogen-bond acceptors (Lipinski definition) is 5. The number of tetrazole rings is 1. The molecule has 4 aromatic rings.